The van der Waals surface area contributed by atoms with E-state index in [-0.39, 0.29) is 0 Å². The van der Waals surface area contributed by atoms with Gasteiger partial charge in [0.1, 0.15) is 5.82 Å². The summed E-state index contributed by atoms with van der Waals surface area (Å²) in [6.07, 6.45) is 2.18. The van der Waals surface area contributed by atoms with Gasteiger partial charge in [0.25, 0.3) is 0 Å². The van der Waals surface area contributed by atoms with Crippen molar-refractivity contribution in [2.45, 2.75) is 46.1 Å². The lowest BCUT2D eigenvalue weighted by atomic mass is 9.93. The number of rotatable bonds is 4. The number of piperidine rings is 1. The molecule has 8 heteroatoms. The van der Waals surface area contributed by atoms with Gasteiger partial charge in [0.2, 0.25) is 0 Å². The molecule has 0 aliphatic carbocycles. The molecule has 1 fully saturated rings. The first-order valence-corrected chi connectivity index (χ1v) is 11.5. The second kappa shape index (κ2) is 8.30. The predicted molar refractivity (Wildman–Crippen MR) is 127 cm³/mol. The minimum absolute atomic E-state index is 0.492. The quantitative estimate of drug-likeness (QED) is 0.488. The summed E-state index contributed by atoms with van der Waals surface area (Å²) in [6, 6.07) is 8.01. The third-order valence-corrected chi connectivity index (χ3v) is 6.89. The normalized spacial score (nSPS) is 15.7. The summed E-state index contributed by atoms with van der Waals surface area (Å²) in [5.74, 6) is 1.37. The van der Waals surface area contributed by atoms with Crippen molar-refractivity contribution in [1.82, 2.24) is 34.8 Å². The highest BCUT2D eigenvalue weighted by Crippen LogP contribution is 2.32. The fourth-order valence-electron chi connectivity index (χ4n) is 4.80. The summed E-state index contributed by atoms with van der Waals surface area (Å²) in [5.41, 5.74) is 7.44. The zero-order chi connectivity index (χ0) is 22.4. The van der Waals surface area contributed by atoms with Gasteiger partial charge in [-0.3, -0.25) is 14.7 Å². The molecule has 1 saturated heterocycles. The van der Waals surface area contributed by atoms with E-state index in [1.54, 1.807) is 0 Å². The molecule has 4 aromatic rings. The fraction of sp³-hybridized carbons (Fsp3) is 0.417. The summed E-state index contributed by atoms with van der Waals surface area (Å²) in [6.45, 7) is 8.97. The lowest BCUT2D eigenvalue weighted by Gasteiger charge is -2.30. The lowest BCUT2D eigenvalue weighted by Crippen LogP contribution is -2.33. The van der Waals surface area contributed by atoms with Gasteiger partial charge in [-0.2, -0.15) is 10.2 Å². The molecule has 0 bridgehead atoms. The number of aromatic amines is 1. The van der Waals surface area contributed by atoms with Crippen molar-refractivity contribution in [2.75, 3.05) is 13.1 Å². The first-order valence-electron chi connectivity index (χ1n) is 11.1. The molecule has 0 saturated carbocycles. The molecule has 0 unspecified atom stereocenters. The molecule has 1 aliphatic heterocycles. The largest absolute Gasteiger partial charge is 0.296 e. The Kier molecular flexibility index (Phi) is 5.47. The maximum Gasteiger partial charge on any atom is 0.143 e. The summed E-state index contributed by atoms with van der Waals surface area (Å²) >= 11 is 6.13. The lowest BCUT2D eigenvalue weighted by molar-refractivity contribution is 0.199. The molecule has 1 aliphatic rings. The monoisotopic (exact) mass is 449 g/mol. The van der Waals surface area contributed by atoms with Gasteiger partial charge in [-0.15, -0.1) is 0 Å². The average Bonchev–Trinajstić information content (AvgIpc) is 3.33. The van der Waals surface area contributed by atoms with E-state index in [0.29, 0.717) is 5.92 Å². The Morgan fingerprint density at radius 1 is 1.06 bits per heavy atom. The molecule has 32 heavy (non-hydrogen) atoms. The van der Waals surface area contributed by atoms with E-state index in [0.717, 1.165) is 82.6 Å². The van der Waals surface area contributed by atoms with Crippen LogP contribution in [0.3, 0.4) is 0 Å². The standard InChI is InChI=1S/C24H28ClN7/c1-14-19-11-18(25)5-6-20(19)27-23(26-14)13-32-9-7-17(8-10-32)21-12-22(29-28-21)24-15(2)30-31(4)16(24)3/h5-6,11-12,17H,7-10,13H2,1-4H3,(H,28,29). The fourth-order valence-corrected chi connectivity index (χ4v) is 4.98. The Morgan fingerprint density at radius 3 is 2.56 bits per heavy atom. The molecule has 0 amide bonds. The Balaban J connectivity index is 1.26. The van der Waals surface area contributed by atoms with Crippen LogP contribution >= 0.6 is 11.6 Å². The van der Waals surface area contributed by atoms with Gasteiger partial charge < -0.3 is 0 Å². The third-order valence-electron chi connectivity index (χ3n) is 6.65. The van der Waals surface area contributed by atoms with Crippen LogP contribution in [-0.4, -0.2) is 47.9 Å². The van der Waals surface area contributed by atoms with Crippen LogP contribution in [-0.2, 0) is 13.6 Å². The molecule has 4 heterocycles. The highest BCUT2D eigenvalue weighted by Gasteiger charge is 2.24. The van der Waals surface area contributed by atoms with Gasteiger partial charge in [-0.1, -0.05) is 11.6 Å². The molecule has 166 valence electrons. The summed E-state index contributed by atoms with van der Waals surface area (Å²) in [5, 5.41) is 14.2. The highest BCUT2D eigenvalue weighted by atomic mass is 35.5. The molecule has 0 spiro atoms. The van der Waals surface area contributed by atoms with Crippen molar-refractivity contribution in [2.24, 2.45) is 7.05 Å². The van der Waals surface area contributed by atoms with Gasteiger partial charge in [-0.25, -0.2) is 9.97 Å². The number of likely N-dealkylation sites (tertiary alicyclic amines) is 1. The molecule has 5 rings (SSSR count). The van der Waals surface area contributed by atoms with Gasteiger partial charge in [0, 0.05) is 46.0 Å². The van der Waals surface area contributed by atoms with Crippen molar-refractivity contribution < 1.29 is 0 Å². The number of nitrogens with zero attached hydrogens (tertiary/aromatic N) is 6. The van der Waals surface area contributed by atoms with E-state index < -0.39 is 0 Å². The van der Waals surface area contributed by atoms with Crippen LogP contribution in [0, 0.1) is 20.8 Å². The maximum atomic E-state index is 6.13. The maximum absolute atomic E-state index is 6.13. The number of halogens is 1. The number of benzene rings is 1. The van der Waals surface area contributed by atoms with Gasteiger partial charge in [-0.05, 0) is 71.0 Å². The van der Waals surface area contributed by atoms with E-state index in [1.165, 1.54) is 5.69 Å². The minimum Gasteiger partial charge on any atom is -0.296 e. The molecular formula is C24H28ClN7. The second-order valence-electron chi connectivity index (χ2n) is 8.82. The Bertz CT molecular complexity index is 1280. The highest BCUT2D eigenvalue weighted by molar-refractivity contribution is 6.31. The number of H-pyrrole nitrogens is 1. The Hall–Kier alpha value is -2.77. The van der Waals surface area contributed by atoms with Crippen LogP contribution in [0.1, 0.15) is 47.4 Å². The molecule has 1 N–H and O–H groups in total. The van der Waals surface area contributed by atoms with Crippen molar-refractivity contribution in [3.8, 4) is 11.3 Å². The zero-order valence-electron chi connectivity index (χ0n) is 19.0. The van der Waals surface area contributed by atoms with Crippen LogP contribution in [0.2, 0.25) is 5.02 Å². The van der Waals surface area contributed by atoms with Gasteiger partial charge in [0.05, 0.1) is 23.4 Å². The summed E-state index contributed by atoms with van der Waals surface area (Å²) < 4.78 is 1.92. The average molecular weight is 450 g/mol. The molecule has 0 radical (unpaired) electrons. The molecule has 1 aromatic carbocycles. The van der Waals surface area contributed by atoms with Gasteiger partial charge in [0.15, 0.2) is 0 Å². The number of fused-ring (bicyclic) bond motifs is 1. The zero-order valence-corrected chi connectivity index (χ0v) is 19.7. The Labute approximate surface area is 192 Å². The molecule has 7 nitrogen and oxygen atoms in total. The van der Waals surface area contributed by atoms with Crippen LogP contribution in [0.5, 0.6) is 0 Å². The number of aromatic nitrogens is 6. The summed E-state index contributed by atoms with van der Waals surface area (Å²) in [4.78, 5) is 11.9. The number of aryl methyl sites for hydroxylation is 3. The smallest absolute Gasteiger partial charge is 0.143 e. The summed E-state index contributed by atoms with van der Waals surface area (Å²) in [7, 11) is 1.98. The van der Waals surface area contributed by atoms with Crippen molar-refractivity contribution in [3.05, 3.63) is 57.9 Å². The van der Waals surface area contributed by atoms with Crippen molar-refractivity contribution in [3.63, 3.8) is 0 Å². The van der Waals surface area contributed by atoms with Crippen LogP contribution in [0.25, 0.3) is 22.2 Å². The van der Waals surface area contributed by atoms with Crippen molar-refractivity contribution in [1.29, 1.82) is 0 Å². The first kappa shape index (κ1) is 21.1. The van der Waals surface area contributed by atoms with E-state index >= 15 is 0 Å². The molecule has 3 aromatic heterocycles. The molecule has 0 atom stereocenters. The van der Waals surface area contributed by atoms with E-state index in [2.05, 4.69) is 33.2 Å². The predicted octanol–water partition coefficient (Wildman–Crippen LogP) is 4.71. The minimum atomic E-state index is 0.492. The second-order valence-corrected chi connectivity index (χ2v) is 9.25. The third kappa shape index (κ3) is 3.91. The van der Waals surface area contributed by atoms with Gasteiger partial charge >= 0.3 is 0 Å². The number of hydrogen-bond donors (Lipinski definition) is 1. The van der Waals surface area contributed by atoms with Crippen molar-refractivity contribution >= 4 is 22.5 Å². The van der Waals surface area contributed by atoms with E-state index in [4.69, 9.17) is 21.6 Å². The molecular weight excluding hydrogens is 422 g/mol. The van der Waals surface area contributed by atoms with Crippen LogP contribution in [0.4, 0.5) is 0 Å². The topological polar surface area (TPSA) is 75.5 Å². The number of hydrogen-bond acceptors (Lipinski definition) is 5. The SMILES string of the molecule is Cc1nn(C)c(C)c1-c1cc(C2CCN(Cc3nc(C)c4cc(Cl)ccc4n3)CC2)[nH]n1. The van der Waals surface area contributed by atoms with Crippen LogP contribution < -0.4 is 0 Å². The number of nitrogens with one attached hydrogen (secondary N) is 1. The van der Waals surface area contributed by atoms with E-state index in [1.807, 2.05) is 43.8 Å². The Morgan fingerprint density at radius 2 is 1.84 bits per heavy atom. The van der Waals surface area contributed by atoms with E-state index in [9.17, 15) is 0 Å². The first-order chi connectivity index (χ1) is 15.4. The van der Waals surface area contributed by atoms with Crippen LogP contribution in [0.15, 0.2) is 24.3 Å².